The van der Waals surface area contributed by atoms with Crippen LogP contribution in [0, 0.1) is 19.8 Å². The number of morpholine rings is 1. The number of aryl methyl sites for hydroxylation is 2. The number of benzene rings is 1. The van der Waals surface area contributed by atoms with Crippen LogP contribution in [0.15, 0.2) is 12.1 Å². The predicted molar refractivity (Wildman–Crippen MR) is 94.2 cm³/mol. The van der Waals surface area contributed by atoms with Gasteiger partial charge in [0.2, 0.25) is 0 Å². The SMILES string of the molecule is Cc1cc(OC(=O)C2CCCCC2)c(C)cc1CN1CCOCC1. The molecule has 1 aromatic carbocycles. The largest absolute Gasteiger partial charge is 0.426 e. The predicted octanol–water partition coefficient (Wildman–Crippen LogP) is 3.62. The Morgan fingerprint density at radius 1 is 1.12 bits per heavy atom. The molecule has 4 nitrogen and oxygen atoms in total. The maximum Gasteiger partial charge on any atom is 0.314 e. The lowest BCUT2D eigenvalue weighted by atomic mass is 9.89. The maximum absolute atomic E-state index is 12.4. The first-order valence-electron chi connectivity index (χ1n) is 9.25. The smallest absolute Gasteiger partial charge is 0.314 e. The monoisotopic (exact) mass is 331 g/mol. The van der Waals surface area contributed by atoms with E-state index >= 15 is 0 Å². The Morgan fingerprint density at radius 2 is 1.83 bits per heavy atom. The normalized spacial score (nSPS) is 20.1. The summed E-state index contributed by atoms with van der Waals surface area (Å²) in [6, 6.07) is 4.21. The number of carbonyl (C=O) groups is 1. The average Bonchev–Trinajstić information content (AvgIpc) is 2.61. The van der Waals surface area contributed by atoms with E-state index in [2.05, 4.69) is 17.9 Å². The Balaban J connectivity index is 1.66. The van der Waals surface area contributed by atoms with Gasteiger partial charge in [-0.3, -0.25) is 9.69 Å². The molecule has 1 saturated carbocycles. The van der Waals surface area contributed by atoms with Crippen molar-refractivity contribution >= 4 is 5.97 Å². The summed E-state index contributed by atoms with van der Waals surface area (Å²) < 4.78 is 11.2. The fourth-order valence-electron chi connectivity index (χ4n) is 3.66. The van der Waals surface area contributed by atoms with Gasteiger partial charge in [0.25, 0.3) is 0 Å². The molecule has 2 fully saturated rings. The zero-order valence-corrected chi connectivity index (χ0v) is 15.0. The molecule has 0 radical (unpaired) electrons. The summed E-state index contributed by atoms with van der Waals surface area (Å²) in [7, 11) is 0. The highest BCUT2D eigenvalue weighted by atomic mass is 16.5. The van der Waals surface area contributed by atoms with Gasteiger partial charge in [-0.25, -0.2) is 0 Å². The van der Waals surface area contributed by atoms with E-state index in [9.17, 15) is 4.79 Å². The summed E-state index contributed by atoms with van der Waals surface area (Å²) in [5, 5.41) is 0. The molecule has 24 heavy (non-hydrogen) atoms. The van der Waals surface area contributed by atoms with Crippen molar-refractivity contribution in [2.24, 2.45) is 5.92 Å². The molecule has 0 amide bonds. The van der Waals surface area contributed by atoms with Crippen molar-refractivity contribution < 1.29 is 14.3 Å². The number of rotatable bonds is 4. The Morgan fingerprint density at radius 3 is 2.54 bits per heavy atom. The minimum Gasteiger partial charge on any atom is -0.426 e. The summed E-state index contributed by atoms with van der Waals surface area (Å²) in [5.41, 5.74) is 3.55. The third kappa shape index (κ3) is 4.37. The summed E-state index contributed by atoms with van der Waals surface area (Å²) in [6.07, 6.45) is 5.50. The fraction of sp³-hybridized carbons (Fsp3) is 0.650. The van der Waals surface area contributed by atoms with E-state index in [1.165, 1.54) is 17.5 Å². The average molecular weight is 331 g/mol. The van der Waals surface area contributed by atoms with Gasteiger partial charge in [-0.15, -0.1) is 0 Å². The highest BCUT2D eigenvalue weighted by Gasteiger charge is 2.23. The summed E-state index contributed by atoms with van der Waals surface area (Å²) in [5.74, 6) is 0.776. The van der Waals surface area contributed by atoms with E-state index < -0.39 is 0 Å². The van der Waals surface area contributed by atoms with Crippen LogP contribution >= 0.6 is 0 Å². The van der Waals surface area contributed by atoms with E-state index in [0.717, 1.165) is 69.8 Å². The number of hydrogen-bond acceptors (Lipinski definition) is 4. The Kier molecular flexibility index (Phi) is 5.90. The Labute approximate surface area is 145 Å². The van der Waals surface area contributed by atoms with Crippen LogP contribution in [0.25, 0.3) is 0 Å². The number of nitrogens with zero attached hydrogens (tertiary/aromatic N) is 1. The molecule has 1 aromatic rings. The molecule has 0 unspecified atom stereocenters. The molecule has 0 spiro atoms. The van der Waals surface area contributed by atoms with Gasteiger partial charge in [-0.2, -0.15) is 0 Å². The Bertz CT molecular complexity index is 572. The second-order valence-electron chi connectivity index (χ2n) is 7.19. The van der Waals surface area contributed by atoms with Crippen LogP contribution in [0.5, 0.6) is 5.75 Å². The van der Waals surface area contributed by atoms with Crippen molar-refractivity contribution in [2.45, 2.75) is 52.5 Å². The van der Waals surface area contributed by atoms with Crippen LogP contribution in [0.3, 0.4) is 0 Å². The van der Waals surface area contributed by atoms with Crippen molar-refractivity contribution in [1.82, 2.24) is 4.90 Å². The number of carbonyl (C=O) groups excluding carboxylic acids is 1. The van der Waals surface area contributed by atoms with Crippen LogP contribution in [0.2, 0.25) is 0 Å². The second-order valence-corrected chi connectivity index (χ2v) is 7.19. The van der Waals surface area contributed by atoms with Crippen LogP contribution < -0.4 is 4.74 Å². The molecule has 2 aliphatic rings. The summed E-state index contributed by atoms with van der Waals surface area (Å²) in [4.78, 5) is 14.8. The van der Waals surface area contributed by atoms with Gasteiger partial charge in [-0.1, -0.05) is 25.3 Å². The maximum atomic E-state index is 12.4. The first-order valence-corrected chi connectivity index (χ1v) is 9.25. The van der Waals surface area contributed by atoms with Crippen molar-refractivity contribution in [3.63, 3.8) is 0 Å². The standard InChI is InChI=1S/C20H29NO3/c1-15-13-19(24-20(22)17-6-4-3-5-7-17)16(2)12-18(15)14-21-8-10-23-11-9-21/h12-13,17H,3-11,14H2,1-2H3. The molecule has 4 heteroatoms. The summed E-state index contributed by atoms with van der Waals surface area (Å²) >= 11 is 0. The number of ether oxygens (including phenoxy) is 2. The molecule has 3 rings (SSSR count). The van der Waals surface area contributed by atoms with Gasteiger partial charge in [-0.05, 0) is 49.4 Å². The zero-order chi connectivity index (χ0) is 16.9. The minimum atomic E-state index is -0.0434. The fourth-order valence-corrected chi connectivity index (χ4v) is 3.66. The zero-order valence-electron chi connectivity index (χ0n) is 15.0. The van der Waals surface area contributed by atoms with Crippen LogP contribution in [0.4, 0.5) is 0 Å². The van der Waals surface area contributed by atoms with Crippen LogP contribution in [-0.4, -0.2) is 37.2 Å². The van der Waals surface area contributed by atoms with Gasteiger partial charge in [0, 0.05) is 19.6 Å². The van der Waals surface area contributed by atoms with Gasteiger partial charge in [0.05, 0.1) is 19.1 Å². The van der Waals surface area contributed by atoms with E-state index in [4.69, 9.17) is 9.47 Å². The van der Waals surface area contributed by atoms with Crippen molar-refractivity contribution in [1.29, 1.82) is 0 Å². The first kappa shape index (κ1) is 17.4. The lowest BCUT2D eigenvalue weighted by Gasteiger charge is -2.27. The van der Waals surface area contributed by atoms with Crippen molar-refractivity contribution in [3.8, 4) is 5.75 Å². The first-order chi connectivity index (χ1) is 11.6. The molecule has 1 saturated heterocycles. The Hall–Kier alpha value is -1.39. The second kappa shape index (κ2) is 8.13. The van der Waals surface area contributed by atoms with E-state index in [1.807, 2.05) is 13.0 Å². The quantitative estimate of drug-likeness (QED) is 0.624. The molecule has 0 aromatic heterocycles. The van der Waals surface area contributed by atoms with Crippen LogP contribution in [-0.2, 0) is 16.1 Å². The van der Waals surface area contributed by atoms with Gasteiger partial charge in [0.1, 0.15) is 5.75 Å². The van der Waals surface area contributed by atoms with Gasteiger partial charge >= 0.3 is 5.97 Å². The lowest BCUT2D eigenvalue weighted by molar-refractivity contribution is -0.140. The molecule has 0 N–H and O–H groups in total. The van der Waals surface area contributed by atoms with E-state index in [1.54, 1.807) is 0 Å². The molecular formula is C20H29NO3. The number of esters is 1. The van der Waals surface area contributed by atoms with Gasteiger partial charge in [0.15, 0.2) is 0 Å². The van der Waals surface area contributed by atoms with E-state index in [0.29, 0.717) is 0 Å². The van der Waals surface area contributed by atoms with Crippen molar-refractivity contribution in [3.05, 3.63) is 28.8 Å². The van der Waals surface area contributed by atoms with Crippen LogP contribution in [0.1, 0.15) is 48.8 Å². The lowest BCUT2D eigenvalue weighted by Crippen LogP contribution is -2.35. The van der Waals surface area contributed by atoms with Crippen molar-refractivity contribution in [2.75, 3.05) is 26.3 Å². The number of hydrogen-bond donors (Lipinski definition) is 0. The molecular weight excluding hydrogens is 302 g/mol. The van der Waals surface area contributed by atoms with Gasteiger partial charge < -0.3 is 9.47 Å². The highest BCUT2D eigenvalue weighted by Crippen LogP contribution is 2.28. The topological polar surface area (TPSA) is 38.8 Å². The minimum absolute atomic E-state index is 0.0434. The molecule has 0 bridgehead atoms. The summed E-state index contributed by atoms with van der Waals surface area (Å²) in [6.45, 7) is 8.67. The third-order valence-electron chi connectivity index (χ3n) is 5.28. The highest BCUT2D eigenvalue weighted by molar-refractivity contribution is 5.75. The van der Waals surface area contributed by atoms with E-state index in [-0.39, 0.29) is 11.9 Å². The third-order valence-corrected chi connectivity index (χ3v) is 5.28. The molecule has 1 heterocycles. The molecule has 132 valence electrons. The molecule has 0 atom stereocenters. The molecule has 1 aliphatic heterocycles. The molecule has 1 aliphatic carbocycles.